The van der Waals surface area contributed by atoms with E-state index < -0.39 is 11.2 Å². The van der Waals surface area contributed by atoms with Gasteiger partial charge in [-0.05, 0) is 19.5 Å². The van der Waals surface area contributed by atoms with E-state index in [1.54, 1.807) is 0 Å². The van der Waals surface area contributed by atoms with Crippen LogP contribution in [0, 0.1) is 10.1 Å². The average Bonchev–Trinajstić information content (AvgIpc) is 2.29. The topological polar surface area (TPSA) is 87.4 Å². The lowest BCUT2D eigenvalue weighted by Gasteiger charge is -2.14. The highest BCUT2D eigenvalue weighted by atomic mass is 35.5. The Hall–Kier alpha value is -1.37. The number of nitrogens with one attached hydrogen (secondary N) is 2. The summed E-state index contributed by atoms with van der Waals surface area (Å²) in [6.45, 7) is 4.73. The van der Waals surface area contributed by atoms with E-state index in [1.165, 1.54) is 12.1 Å². The Balaban J connectivity index is 3.22. The van der Waals surface area contributed by atoms with Crippen LogP contribution < -0.4 is 10.6 Å². The van der Waals surface area contributed by atoms with Crippen LogP contribution in [0.2, 0.25) is 5.02 Å². The average molecular weight is 274 g/mol. The molecule has 6 nitrogen and oxygen atoms in total. The van der Waals surface area contributed by atoms with Gasteiger partial charge in [0.2, 0.25) is 0 Å². The maximum Gasteiger partial charge on any atom is 0.292 e. The van der Waals surface area contributed by atoms with Crippen LogP contribution in [0.3, 0.4) is 0 Å². The van der Waals surface area contributed by atoms with Crippen LogP contribution in [-0.4, -0.2) is 23.1 Å². The van der Waals surface area contributed by atoms with Gasteiger partial charge in [0.25, 0.3) is 5.69 Å². The van der Waals surface area contributed by atoms with Crippen molar-refractivity contribution in [2.24, 2.45) is 0 Å². The van der Waals surface area contributed by atoms with Crippen LogP contribution in [0.1, 0.15) is 25.6 Å². The maximum atomic E-state index is 11.0. The quantitative estimate of drug-likeness (QED) is 0.420. The third-order valence-corrected chi connectivity index (χ3v) is 2.70. The molecule has 1 atom stereocenters. The number of nitrogens with zero attached hydrogens (tertiary/aromatic N) is 1. The van der Waals surface area contributed by atoms with E-state index in [4.69, 9.17) is 11.6 Å². The Kier molecular flexibility index (Phi) is 5.33. The Bertz CT molecular complexity index is 440. The monoisotopic (exact) mass is 273 g/mol. The van der Waals surface area contributed by atoms with Gasteiger partial charge in [-0.3, -0.25) is 15.4 Å². The van der Waals surface area contributed by atoms with Gasteiger partial charge in [0.15, 0.2) is 0 Å². The van der Waals surface area contributed by atoms with Gasteiger partial charge in [0.1, 0.15) is 11.9 Å². The zero-order valence-electron chi connectivity index (χ0n) is 10.2. The Labute approximate surface area is 110 Å². The highest BCUT2D eigenvalue weighted by molar-refractivity contribution is 6.31. The molecule has 0 heterocycles. The number of nitro groups is 1. The summed E-state index contributed by atoms with van der Waals surface area (Å²) in [6.07, 6.45) is -1.02. The molecule has 1 unspecified atom stereocenters. The Morgan fingerprint density at radius 3 is 2.61 bits per heavy atom. The number of halogens is 1. The summed E-state index contributed by atoms with van der Waals surface area (Å²) >= 11 is 6.01. The molecule has 18 heavy (non-hydrogen) atoms. The summed E-state index contributed by atoms with van der Waals surface area (Å²) in [5.41, 5.74) is 0.542. The van der Waals surface area contributed by atoms with Crippen LogP contribution in [0.5, 0.6) is 0 Å². The Morgan fingerprint density at radius 1 is 1.44 bits per heavy atom. The van der Waals surface area contributed by atoms with Crippen LogP contribution in [-0.2, 0) is 0 Å². The first-order valence-corrected chi connectivity index (χ1v) is 6.02. The normalized spacial score (nSPS) is 12.2. The van der Waals surface area contributed by atoms with Crippen LogP contribution >= 0.6 is 11.6 Å². The fourth-order valence-corrected chi connectivity index (χ4v) is 1.84. The van der Waals surface area contributed by atoms with Crippen molar-refractivity contribution < 1.29 is 10.0 Å². The number of rotatable bonds is 6. The molecule has 0 saturated heterocycles. The molecule has 0 saturated carbocycles. The zero-order valence-corrected chi connectivity index (χ0v) is 11.0. The first-order valence-electron chi connectivity index (χ1n) is 5.64. The van der Waals surface area contributed by atoms with Gasteiger partial charge in [-0.2, -0.15) is 0 Å². The summed E-state index contributed by atoms with van der Waals surface area (Å²) in [7, 11) is 0. The van der Waals surface area contributed by atoms with E-state index in [0.717, 1.165) is 0 Å². The standard InChI is InChI=1S/C11H16ClN3O3/c1-3-13-9-6-8(12)7(11(16)14-4-2)5-10(9)15(17)18/h5-6,11,13-14,16H,3-4H2,1-2H3. The predicted molar refractivity (Wildman–Crippen MR) is 70.9 cm³/mol. The molecule has 0 aliphatic carbocycles. The molecular formula is C11H16ClN3O3. The van der Waals surface area contributed by atoms with Crippen LogP contribution in [0.4, 0.5) is 11.4 Å². The second-order valence-corrected chi connectivity index (χ2v) is 4.05. The highest BCUT2D eigenvalue weighted by Gasteiger charge is 2.20. The second kappa shape index (κ2) is 6.53. The minimum Gasteiger partial charge on any atom is -0.380 e. The smallest absolute Gasteiger partial charge is 0.292 e. The molecule has 3 N–H and O–H groups in total. The molecule has 1 aromatic carbocycles. The van der Waals surface area contributed by atoms with Gasteiger partial charge in [0.05, 0.1) is 9.95 Å². The molecule has 100 valence electrons. The van der Waals surface area contributed by atoms with Gasteiger partial charge in [-0.15, -0.1) is 0 Å². The summed E-state index contributed by atoms with van der Waals surface area (Å²) in [4.78, 5) is 10.5. The predicted octanol–water partition coefficient (Wildman–Crippen LogP) is 2.28. The SMILES string of the molecule is CCNc1cc(Cl)c(C(O)NCC)cc1[N+](=O)[O-]. The zero-order chi connectivity index (χ0) is 13.7. The van der Waals surface area contributed by atoms with E-state index in [2.05, 4.69) is 10.6 Å². The van der Waals surface area contributed by atoms with Crippen molar-refractivity contribution in [3.05, 3.63) is 32.8 Å². The number of benzene rings is 1. The summed E-state index contributed by atoms with van der Waals surface area (Å²) in [6, 6.07) is 2.74. The van der Waals surface area contributed by atoms with Crippen molar-refractivity contribution in [2.45, 2.75) is 20.1 Å². The fraction of sp³-hybridized carbons (Fsp3) is 0.455. The van der Waals surface area contributed by atoms with E-state index >= 15 is 0 Å². The molecular weight excluding hydrogens is 258 g/mol. The van der Waals surface area contributed by atoms with Crippen molar-refractivity contribution in [3.63, 3.8) is 0 Å². The van der Waals surface area contributed by atoms with Crippen LogP contribution in [0.15, 0.2) is 12.1 Å². The lowest BCUT2D eigenvalue weighted by Crippen LogP contribution is -2.20. The molecule has 0 radical (unpaired) electrons. The molecule has 0 spiro atoms. The van der Waals surface area contributed by atoms with Crippen molar-refractivity contribution >= 4 is 23.0 Å². The summed E-state index contributed by atoms with van der Waals surface area (Å²) in [5.74, 6) is 0. The number of hydrogen-bond donors (Lipinski definition) is 3. The summed E-state index contributed by atoms with van der Waals surface area (Å²) < 4.78 is 0. The lowest BCUT2D eigenvalue weighted by molar-refractivity contribution is -0.384. The number of hydrogen-bond acceptors (Lipinski definition) is 5. The van der Waals surface area contributed by atoms with Crippen molar-refractivity contribution in [1.82, 2.24) is 5.32 Å². The van der Waals surface area contributed by atoms with Gasteiger partial charge in [-0.1, -0.05) is 18.5 Å². The molecule has 0 aliphatic heterocycles. The first-order chi connectivity index (χ1) is 8.51. The molecule has 1 rings (SSSR count). The number of anilines is 1. The van der Waals surface area contributed by atoms with Gasteiger partial charge >= 0.3 is 0 Å². The van der Waals surface area contributed by atoms with E-state index in [0.29, 0.717) is 24.3 Å². The molecule has 1 aromatic rings. The third-order valence-electron chi connectivity index (χ3n) is 2.37. The highest BCUT2D eigenvalue weighted by Crippen LogP contribution is 2.33. The second-order valence-electron chi connectivity index (χ2n) is 3.64. The molecule has 7 heteroatoms. The third kappa shape index (κ3) is 3.32. The van der Waals surface area contributed by atoms with Gasteiger partial charge in [-0.25, -0.2) is 0 Å². The van der Waals surface area contributed by atoms with Crippen LogP contribution in [0.25, 0.3) is 0 Å². The molecule has 0 aliphatic rings. The minimum atomic E-state index is -1.02. The maximum absolute atomic E-state index is 11.0. The number of nitro benzene ring substituents is 1. The molecule has 0 amide bonds. The summed E-state index contributed by atoms with van der Waals surface area (Å²) in [5, 5.41) is 26.6. The van der Waals surface area contributed by atoms with Crippen molar-refractivity contribution in [2.75, 3.05) is 18.4 Å². The lowest BCUT2D eigenvalue weighted by atomic mass is 10.1. The van der Waals surface area contributed by atoms with Gasteiger partial charge in [0, 0.05) is 18.2 Å². The molecule has 0 aromatic heterocycles. The largest absolute Gasteiger partial charge is 0.380 e. The number of aliphatic hydroxyl groups is 1. The van der Waals surface area contributed by atoms with Gasteiger partial charge < -0.3 is 10.4 Å². The van der Waals surface area contributed by atoms with Crippen molar-refractivity contribution in [1.29, 1.82) is 0 Å². The van der Waals surface area contributed by atoms with Crippen molar-refractivity contribution in [3.8, 4) is 0 Å². The number of aliphatic hydroxyl groups excluding tert-OH is 1. The molecule has 0 bridgehead atoms. The van der Waals surface area contributed by atoms with E-state index in [1.807, 2.05) is 13.8 Å². The van der Waals surface area contributed by atoms with E-state index in [-0.39, 0.29) is 10.7 Å². The minimum absolute atomic E-state index is 0.104. The Morgan fingerprint density at radius 2 is 2.11 bits per heavy atom. The fourth-order valence-electron chi connectivity index (χ4n) is 1.57. The molecule has 0 fully saturated rings. The van der Waals surface area contributed by atoms with E-state index in [9.17, 15) is 15.2 Å². The first kappa shape index (κ1) is 14.7.